The van der Waals surface area contributed by atoms with Gasteiger partial charge in [0.2, 0.25) is 0 Å². The third kappa shape index (κ3) is 2.05. The van der Waals surface area contributed by atoms with Crippen molar-refractivity contribution in [3.8, 4) is 11.3 Å². The summed E-state index contributed by atoms with van der Waals surface area (Å²) in [5.74, 6) is -0.951. The monoisotopic (exact) mass is 251 g/mol. The average Bonchev–Trinajstić information content (AvgIpc) is 2.61. The number of aromatic amines is 1. The number of benzene rings is 1. The van der Waals surface area contributed by atoms with E-state index in [1.54, 1.807) is 0 Å². The molecule has 1 aromatic carbocycles. The Morgan fingerprint density at radius 1 is 1.38 bits per heavy atom. The number of hydrogen-bond donors (Lipinski definition) is 2. The van der Waals surface area contributed by atoms with Crippen molar-refractivity contribution >= 4 is 29.5 Å². The summed E-state index contributed by atoms with van der Waals surface area (Å²) in [5, 5.41) is 9.04. The SMILES string of the molecule is Cc1ccc(-c2[nH]c(=S)sc2C(=O)O)cc1. The van der Waals surface area contributed by atoms with E-state index in [0.29, 0.717) is 9.65 Å². The first-order chi connectivity index (χ1) is 7.58. The molecular formula is C11H9NO2S2. The number of carboxylic acids is 1. The minimum absolute atomic E-state index is 0.258. The van der Waals surface area contributed by atoms with Gasteiger partial charge in [-0.25, -0.2) is 4.79 Å². The van der Waals surface area contributed by atoms with Gasteiger partial charge in [0, 0.05) is 0 Å². The zero-order valence-corrected chi connectivity index (χ0v) is 10.1. The second-order valence-electron chi connectivity index (χ2n) is 3.39. The molecule has 0 fully saturated rings. The predicted octanol–water partition coefficient (Wildman–Crippen LogP) is 3.48. The maximum atomic E-state index is 11.0. The van der Waals surface area contributed by atoms with Crippen LogP contribution < -0.4 is 0 Å². The number of carbonyl (C=O) groups is 1. The number of hydrogen-bond acceptors (Lipinski definition) is 3. The van der Waals surface area contributed by atoms with Gasteiger partial charge >= 0.3 is 5.97 Å². The third-order valence-corrected chi connectivity index (χ3v) is 3.41. The van der Waals surface area contributed by atoms with Gasteiger partial charge in [-0.05, 0) is 24.7 Å². The van der Waals surface area contributed by atoms with Crippen LogP contribution in [-0.2, 0) is 0 Å². The van der Waals surface area contributed by atoms with Crippen LogP contribution in [-0.4, -0.2) is 16.1 Å². The van der Waals surface area contributed by atoms with Crippen LogP contribution >= 0.6 is 23.6 Å². The summed E-state index contributed by atoms with van der Waals surface area (Å²) in [6.07, 6.45) is 0. The summed E-state index contributed by atoms with van der Waals surface area (Å²) >= 11 is 6.05. The molecule has 1 aromatic heterocycles. The number of rotatable bonds is 2. The van der Waals surface area contributed by atoms with Crippen LogP contribution in [0.2, 0.25) is 0 Å². The zero-order chi connectivity index (χ0) is 11.7. The maximum absolute atomic E-state index is 11.0. The Labute approximate surface area is 101 Å². The Balaban J connectivity index is 2.59. The van der Waals surface area contributed by atoms with Gasteiger partial charge < -0.3 is 10.1 Å². The van der Waals surface area contributed by atoms with Crippen LogP contribution in [0, 0.1) is 10.9 Å². The molecule has 0 unspecified atom stereocenters. The van der Waals surface area contributed by atoms with Crippen molar-refractivity contribution in [2.75, 3.05) is 0 Å². The van der Waals surface area contributed by atoms with Crippen molar-refractivity contribution in [3.63, 3.8) is 0 Å². The van der Waals surface area contributed by atoms with E-state index in [4.69, 9.17) is 17.3 Å². The van der Waals surface area contributed by atoms with Gasteiger partial charge in [0.25, 0.3) is 0 Å². The summed E-state index contributed by atoms with van der Waals surface area (Å²) in [6.45, 7) is 1.98. The highest BCUT2D eigenvalue weighted by Crippen LogP contribution is 2.26. The lowest BCUT2D eigenvalue weighted by Crippen LogP contribution is -1.95. The van der Waals surface area contributed by atoms with Crippen molar-refractivity contribution in [1.29, 1.82) is 0 Å². The topological polar surface area (TPSA) is 53.1 Å². The molecule has 0 bridgehead atoms. The molecule has 2 rings (SSSR count). The highest BCUT2D eigenvalue weighted by atomic mass is 32.1. The Hall–Kier alpha value is -1.46. The third-order valence-electron chi connectivity index (χ3n) is 2.18. The standard InChI is InChI=1S/C11H9NO2S2/c1-6-2-4-7(5-3-6)8-9(10(13)14)16-11(15)12-8/h2-5H,1H3,(H,12,15)(H,13,14). The molecule has 3 nitrogen and oxygen atoms in total. The van der Waals surface area contributed by atoms with Crippen LogP contribution in [0.4, 0.5) is 0 Å². The Morgan fingerprint density at radius 2 is 2.00 bits per heavy atom. The van der Waals surface area contributed by atoms with Crippen LogP contribution in [0.3, 0.4) is 0 Å². The van der Waals surface area contributed by atoms with E-state index in [2.05, 4.69) is 4.98 Å². The first-order valence-electron chi connectivity index (χ1n) is 4.61. The molecule has 16 heavy (non-hydrogen) atoms. The number of carboxylic acid groups (broad SMARTS) is 1. The number of aromatic nitrogens is 1. The fraction of sp³-hybridized carbons (Fsp3) is 0.0909. The molecule has 0 spiro atoms. The maximum Gasteiger partial charge on any atom is 0.348 e. The molecule has 2 N–H and O–H groups in total. The molecule has 0 aliphatic rings. The van der Waals surface area contributed by atoms with Crippen molar-refractivity contribution in [2.24, 2.45) is 0 Å². The normalized spacial score (nSPS) is 10.3. The summed E-state index contributed by atoms with van der Waals surface area (Å²) < 4.78 is 0.480. The number of thiazole rings is 1. The molecule has 0 saturated heterocycles. The number of aryl methyl sites for hydroxylation is 1. The van der Waals surface area contributed by atoms with E-state index < -0.39 is 5.97 Å². The molecule has 0 amide bonds. The van der Waals surface area contributed by atoms with Crippen molar-refractivity contribution in [2.45, 2.75) is 6.92 Å². The lowest BCUT2D eigenvalue weighted by Gasteiger charge is -2.00. The van der Waals surface area contributed by atoms with Crippen LogP contribution in [0.15, 0.2) is 24.3 Å². The van der Waals surface area contributed by atoms with Gasteiger partial charge in [0.1, 0.15) is 4.88 Å². The van der Waals surface area contributed by atoms with Crippen LogP contribution in [0.25, 0.3) is 11.3 Å². The smallest absolute Gasteiger partial charge is 0.348 e. The van der Waals surface area contributed by atoms with Gasteiger partial charge in [-0.3, -0.25) is 0 Å². The summed E-state index contributed by atoms with van der Waals surface area (Å²) in [7, 11) is 0. The number of aromatic carboxylic acids is 1. The molecule has 2 aromatic rings. The molecule has 0 aliphatic carbocycles. The van der Waals surface area contributed by atoms with Crippen LogP contribution in [0.5, 0.6) is 0 Å². The van der Waals surface area contributed by atoms with E-state index in [1.165, 1.54) is 0 Å². The second-order valence-corrected chi connectivity index (χ2v) is 5.08. The molecule has 0 radical (unpaired) electrons. The Morgan fingerprint density at radius 3 is 2.56 bits per heavy atom. The lowest BCUT2D eigenvalue weighted by molar-refractivity contribution is 0.0702. The fourth-order valence-corrected chi connectivity index (χ4v) is 2.45. The van der Waals surface area contributed by atoms with E-state index in [1.807, 2.05) is 31.2 Å². The van der Waals surface area contributed by atoms with E-state index >= 15 is 0 Å². The average molecular weight is 251 g/mol. The fourth-order valence-electron chi connectivity index (χ4n) is 1.40. The first-order valence-corrected chi connectivity index (χ1v) is 5.84. The molecule has 0 saturated carbocycles. The Kier molecular flexibility index (Phi) is 2.89. The first kappa shape index (κ1) is 11.0. The van der Waals surface area contributed by atoms with Crippen molar-refractivity contribution in [1.82, 2.24) is 4.98 Å². The lowest BCUT2D eigenvalue weighted by atomic mass is 10.1. The van der Waals surface area contributed by atoms with E-state index in [9.17, 15) is 4.79 Å². The number of H-pyrrole nitrogens is 1. The molecular weight excluding hydrogens is 242 g/mol. The Bertz CT molecular complexity index is 581. The molecule has 1 heterocycles. The highest BCUT2D eigenvalue weighted by molar-refractivity contribution is 7.73. The largest absolute Gasteiger partial charge is 0.477 e. The van der Waals surface area contributed by atoms with Gasteiger partial charge in [-0.2, -0.15) is 0 Å². The molecule has 0 aliphatic heterocycles. The van der Waals surface area contributed by atoms with Gasteiger partial charge in [-0.15, -0.1) is 0 Å². The predicted molar refractivity (Wildman–Crippen MR) is 66.6 cm³/mol. The highest BCUT2D eigenvalue weighted by Gasteiger charge is 2.14. The second kappa shape index (κ2) is 4.19. The molecule has 5 heteroatoms. The molecule has 0 atom stereocenters. The van der Waals surface area contributed by atoms with Gasteiger partial charge in [0.05, 0.1) is 5.69 Å². The minimum Gasteiger partial charge on any atom is -0.477 e. The van der Waals surface area contributed by atoms with Crippen molar-refractivity contribution < 1.29 is 9.90 Å². The van der Waals surface area contributed by atoms with Crippen LogP contribution in [0.1, 0.15) is 15.2 Å². The van der Waals surface area contributed by atoms with E-state index in [0.717, 1.165) is 22.5 Å². The zero-order valence-electron chi connectivity index (χ0n) is 8.48. The number of nitrogens with one attached hydrogen (secondary N) is 1. The summed E-state index contributed by atoms with van der Waals surface area (Å²) in [6, 6.07) is 7.65. The van der Waals surface area contributed by atoms with Gasteiger partial charge in [-0.1, -0.05) is 41.2 Å². The summed E-state index contributed by atoms with van der Waals surface area (Å²) in [4.78, 5) is 14.2. The van der Waals surface area contributed by atoms with Crippen molar-refractivity contribution in [3.05, 3.63) is 38.7 Å². The summed E-state index contributed by atoms with van der Waals surface area (Å²) in [5.41, 5.74) is 2.56. The van der Waals surface area contributed by atoms with Gasteiger partial charge in [0.15, 0.2) is 3.95 Å². The molecule has 82 valence electrons. The minimum atomic E-state index is -0.951. The van der Waals surface area contributed by atoms with E-state index in [-0.39, 0.29) is 4.88 Å². The quantitative estimate of drug-likeness (QED) is 0.803.